The molecule has 124 valence electrons. The van der Waals surface area contributed by atoms with Gasteiger partial charge in [0.15, 0.2) is 16.8 Å². The van der Waals surface area contributed by atoms with E-state index in [1.54, 1.807) is 19.1 Å². The molecule has 1 N–H and O–H groups in total. The summed E-state index contributed by atoms with van der Waals surface area (Å²) in [5.41, 5.74) is 2.61. The smallest absolute Gasteiger partial charge is 0.306 e. The van der Waals surface area contributed by atoms with Crippen molar-refractivity contribution in [1.29, 1.82) is 0 Å². The molecule has 5 heteroatoms. The zero-order valence-electron chi connectivity index (χ0n) is 13.5. The molecule has 1 heterocycles. The number of benzene rings is 3. The summed E-state index contributed by atoms with van der Waals surface area (Å²) in [5.74, 6) is -0.890. The monoisotopic (exact) mass is 333 g/mol. The first kappa shape index (κ1) is 15.3. The van der Waals surface area contributed by atoms with Crippen molar-refractivity contribution in [1.82, 2.24) is 4.98 Å². The van der Waals surface area contributed by atoms with E-state index in [0.29, 0.717) is 34.4 Å². The van der Waals surface area contributed by atoms with Gasteiger partial charge in [-0.1, -0.05) is 37.3 Å². The van der Waals surface area contributed by atoms with E-state index in [1.165, 1.54) is 6.07 Å². The van der Waals surface area contributed by atoms with E-state index < -0.39 is 11.9 Å². The molecule has 0 spiro atoms. The van der Waals surface area contributed by atoms with Crippen LogP contribution in [0.3, 0.4) is 0 Å². The minimum absolute atomic E-state index is 0.108. The summed E-state index contributed by atoms with van der Waals surface area (Å²) < 4.78 is 5.91. The number of nitrogens with zero attached hydrogens (tertiary/aromatic N) is 1. The van der Waals surface area contributed by atoms with Crippen molar-refractivity contribution in [3.63, 3.8) is 0 Å². The van der Waals surface area contributed by atoms with Crippen LogP contribution in [0, 0.1) is 5.92 Å². The van der Waals surface area contributed by atoms with Crippen LogP contribution in [-0.2, 0) is 11.2 Å². The van der Waals surface area contributed by atoms with E-state index >= 15 is 0 Å². The van der Waals surface area contributed by atoms with Gasteiger partial charge in [0.05, 0.1) is 5.92 Å². The lowest BCUT2D eigenvalue weighted by Crippen LogP contribution is -2.12. The maximum absolute atomic E-state index is 12.3. The lowest BCUT2D eigenvalue weighted by molar-refractivity contribution is -0.141. The van der Waals surface area contributed by atoms with Gasteiger partial charge in [0.25, 0.3) is 0 Å². The molecule has 0 fully saturated rings. The Hall–Kier alpha value is -3.21. The van der Waals surface area contributed by atoms with Gasteiger partial charge in [-0.25, -0.2) is 4.98 Å². The van der Waals surface area contributed by atoms with E-state index in [0.717, 1.165) is 10.9 Å². The van der Waals surface area contributed by atoms with Crippen LogP contribution in [0.1, 0.15) is 12.5 Å². The van der Waals surface area contributed by atoms with E-state index in [1.807, 2.05) is 30.3 Å². The van der Waals surface area contributed by atoms with E-state index in [2.05, 4.69) is 4.98 Å². The van der Waals surface area contributed by atoms with Crippen molar-refractivity contribution < 1.29 is 14.3 Å². The van der Waals surface area contributed by atoms with Crippen molar-refractivity contribution in [3.05, 3.63) is 64.3 Å². The van der Waals surface area contributed by atoms with E-state index in [4.69, 9.17) is 9.52 Å². The molecule has 2 aromatic rings. The SMILES string of the molecule is CC(Cc1ccc2nc3c4ccccc4c(=O)cc-3oc2c1)C(=O)O. The third kappa shape index (κ3) is 2.63. The molecular formula is C20H15NO4. The minimum Gasteiger partial charge on any atom is -0.481 e. The fourth-order valence-corrected chi connectivity index (χ4v) is 3.03. The van der Waals surface area contributed by atoms with Crippen LogP contribution >= 0.6 is 0 Å². The molecule has 4 rings (SSSR count). The molecule has 1 aliphatic carbocycles. The Morgan fingerprint density at radius 1 is 1.16 bits per heavy atom. The fraction of sp³-hybridized carbons (Fsp3) is 0.150. The Morgan fingerprint density at radius 3 is 2.68 bits per heavy atom. The first-order valence-corrected chi connectivity index (χ1v) is 8.01. The number of carboxylic acid groups (broad SMARTS) is 1. The Balaban J connectivity index is 1.92. The van der Waals surface area contributed by atoms with Crippen LogP contribution in [0.25, 0.3) is 33.3 Å². The normalized spacial score (nSPS) is 12.7. The summed E-state index contributed by atoms with van der Waals surface area (Å²) in [6.07, 6.45) is 0.406. The molecule has 0 saturated carbocycles. The topological polar surface area (TPSA) is 80.4 Å². The second-order valence-electron chi connectivity index (χ2n) is 6.23. The van der Waals surface area contributed by atoms with Gasteiger partial charge in [-0.05, 0) is 24.1 Å². The Kier molecular flexibility index (Phi) is 3.50. The highest BCUT2D eigenvalue weighted by molar-refractivity contribution is 5.96. The standard InChI is InChI=1S/C20H15NO4/c1-11(20(23)24)8-12-6-7-15-17(9-12)25-18-10-16(22)13-4-2-3-5-14(13)19(18)21-15/h2-7,9-11H,8H2,1H3,(H,23,24). The lowest BCUT2D eigenvalue weighted by Gasteiger charge is -2.11. The minimum atomic E-state index is -0.837. The Bertz CT molecular complexity index is 1150. The van der Waals surface area contributed by atoms with Gasteiger partial charge < -0.3 is 9.52 Å². The summed E-state index contributed by atoms with van der Waals surface area (Å²) in [7, 11) is 0. The van der Waals surface area contributed by atoms with Gasteiger partial charge in [-0.15, -0.1) is 0 Å². The third-order valence-electron chi connectivity index (χ3n) is 4.38. The summed E-state index contributed by atoms with van der Waals surface area (Å²) in [6, 6.07) is 14.3. The molecular weight excluding hydrogens is 318 g/mol. The molecule has 2 aromatic carbocycles. The van der Waals surface area contributed by atoms with Gasteiger partial charge in [-0.3, -0.25) is 9.59 Å². The number of rotatable bonds is 3. The van der Waals surface area contributed by atoms with Gasteiger partial charge in [-0.2, -0.15) is 0 Å². The van der Waals surface area contributed by atoms with Crippen molar-refractivity contribution in [2.75, 3.05) is 0 Å². The lowest BCUT2D eigenvalue weighted by atomic mass is 10.0. The highest BCUT2D eigenvalue weighted by atomic mass is 16.4. The average molecular weight is 333 g/mol. The van der Waals surface area contributed by atoms with Crippen molar-refractivity contribution in [2.24, 2.45) is 5.92 Å². The van der Waals surface area contributed by atoms with Crippen LogP contribution in [0.5, 0.6) is 0 Å². The second-order valence-corrected chi connectivity index (χ2v) is 6.23. The van der Waals surface area contributed by atoms with Gasteiger partial charge in [0.1, 0.15) is 11.2 Å². The molecule has 5 nitrogen and oxygen atoms in total. The molecule has 1 aliphatic heterocycles. The second kappa shape index (κ2) is 5.70. The summed E-state index contributed by atoms with van der Waals surface area (Å²) in [6.45, 7) is 1.66. The van der Waals surface area contributed by atoms with E-state index in [9.17, 15) is 9.59 Å². The quantitative estimate of drug-likeness (QED) is 0.457. The van der Waals surface area contributed by atoms with Gasteiger partial charge in [0.2, 0.25) is 0 Å². The zero-order valence-corrected chi connectivity index (χ0v) is 13.5. The Labute approximate surface area is 142 Å². The highest BCUT2D eigenvalue weighted by Gasteiger charge is 2.16. The molecule has 0 amide bonds. The molecule has 0 bridgehead atoms. The number of carbonyl (C=O) groups is 1. The number of aliphatic carboxylic acids is 1. The van der Waals surface area contributed by atoms with E-state index in [-0.39, 0.29) is 5.43 Å². The first-order valence-electron chi connectivity index (χ1n) is 8.01. The zero-order chi connectivity index (χ0) is 17.6. The molecule has 2 aliphatic rings. The van der Waals surface area contributed by atoms with Crippen LogP contribution in [-0.4, -0.2) is 16.1 Å². The third-order valence-corrected chi connectivity index (χ3v) is 4.38. The molecule has 0 aromatic heterocycles. The highest BCUT2D eigenvalue weighted by Crippen LogP contribution is 2.30. The van der Waals surface area contributed by atoms with Crippen molar-refractivity contribution in [2.45, 2.75) is 13.3 Å². The number of carboxylic acids is 1. The van der Waals surface area contributed by atoms with Crippen molar-refractivity contribution >= 4 is 27.8 Å². The van der Waals surface area contributed by atoms with Gasteiger partial charge >= 0.3 is 5.97 Å². The molecule has 0 saturated heterocycles. The number of aromatic nitrogens is 1. The van der Waals surface area contributed by atoms with Crippen LogP contribution in [0.15, 0.2) is 57.7 Å². The molecule has 1 atom stereocenters. The molecule has 0 radical (unpaired) electrons. The molecule has 1 unspecified atom stereocenters. The van der Waals surface area contributed by atoms with Crippen LogP contribution in [0.4, 0.5) is 0 Å². The average Bonchev–Trinajstić information content (AvgIpc) is 2.60. The summed E-state index contributed by atoms with van der Waals surface area (Å²) >= 11 is 0. The van der Waals surface area contributed by atoms with Crippen LogP contribution in [0.2, 0.25) is 0 Å². The predicted molar refractivity (Wildman–Crippen MR) is 94.9 cm³/mol. The number of hydrogen-bond donors (Lipinski definition) is 1. The summed E-state index contributed by atoms with van der Waals surface area (Å²) in [5, 5.41) is 10.4. The predicted octanol–water partition coefficient (Wildman–Crippen LogP) is 3.71. The maximum Gasteiger partial charge on any atom is 0.306 e. The Morgan fingerprint density at radius 2 is 1.92 bits per heavy atom. The van der Waals surface area contributed by atoms with Crippen LogP contribution < -0.4 is 5.43 Å². The van der Waals surface area contributed by atoms with Gasteiger partial charge in [0, 0.05) is 16.8 Å². The number of hydrogen-bond acceptors (Lipinski definition) is 4. The first-order chi connectivity index (χ1) is 12.0. The fourth-order valence-electron chi connectivity index (χ4n) is 3.03. The largest absolute Gasteiger partial charge is 0.481 e. The van der Waals surface area contributed by atoms with Crippen molar-refractivity contribution in [3.8, 4) is 11.5 Å². The number of fused-ring (bicyclic) bond motifs is 4. The molecule has 25 heavy (non-hydrogen) atoms. The maximum atomic E-state index is 12.3. The summed E-state index contributed by atoms with van der Waals surface area (Å²) in [4.78, 5) is 27.9.